The first-order valence-electron chi connectivity index (χ1n) is 7.84. The molecule has 2 heterocycles. The minimum atomic E-state index is -0.0472. The van der Waals surface area contributed by atoms with Crippen LogP contribution in [0.1, 0.15) is 25.5 Å². The summed E-state index contributed by atoms with van der Waals surface area (Å²) in [6.07, 6.45) is 3.95. The van der Waals surface area contributed by atoms with Crippen LogP contribution in [0.2, 0.25) is 0 Å². The zero-order chi connectivity index (χ0) is 16.1. The van der Waals surface area contributed by atoms with E-state index < -0.39 is 0 Å². The summed E-state index contributed by atoms with van der Waals surface area (Å²) in [5.41, 5.74) is 2.53. The molecule has 0 fully saturated rings. The molecule has 0 saturated heterocycles. The van der Waals surface area contributed by atoms with E-state index in [2.05, 4.69) is 10.3 Å². The molecule has 0 saturated carbocycles. The van der Waals surface area contributed by atoms with Gasteiger partial charge in [0.25, 0.3) is 5.91 Å². The van der Waals surface area contributed by atoms with Crippen molar-refractivity contribution in [1.82, 2.24) is 10.3 Å². The summed E-state index contributed by atoms with van der Waals surface area (Å²) < 4.78 is 10.9. The van der Waals surface area contributed by atoms with Gasteiger partial charge in [-0.2, -0.15) is 0 Å². The largest absolute Gasteiger partial charge is 0.498 e. The minimum Gasteiger partial charge on any atom is -0.498 e. The molecular weight excluding hydrogens is 292 g/mol. The van der Waals surface area contributed by atoms with Crippen molar-refractivity contribution in [3.8, 4) is 11.5 Å². The smallest absolute Gasteiger partial charge is 0.250 e. The number of benzene rings is 1. The third-order valence-corrected chi connectivity index (χ3v) is 3.83. The molecule has 0 radical (unpaired) electrons. The lowest BCUT2D eigenvalue weighted by Crippen LogP contribution is -2.29. The molecule has 5 nitrogen and oxygen atoms in total. The molecule has 3 rings (SSSR count). The van der Waals surface area contributed by atoms with Crippen molar-refractivity contribution in [3.63, 3.8) is 0 Å². The van der Waals surface area contributed by atoms with Crippen molar-refractivity contribution in [1.29, 1.82) is 0 Å². The maximum atomic E-state index is 12.1. The fourth-order valence-corrected chi connectivity index (χ4v) is 2.56. The van der Waals surface area contributed by atoms with Crippen LogP contribution < -0.4 is 5.32 Å². The summed E-state index contributed by atoms with van der Waals surface area (Å²) >= 11 is 0. The Morgan fingerprint density at radius 3 is 2.91 bits per heavy atom. The predicted octanol–water partition coefficient (Wildman–Crippen LogP) is 3.08. The Labute approximate surface area is 135 Å². The molecule has 1 N–H and O–H groups in total. The topological polar surface area (TPSA) is 64.4 Å². The molecular formula is C18H20N2O3. The van der Waals surface area contributed by atoms with Crippen LogP contribution in [0.5, 0.6) is 0 Å². The van der Waals surface area contributed by atoms with Crippen LogP contribution in [-0.2, 0) is 16.0 Å². The molecule has 1 aliphatic heterocycles. The molecule has 23 heavy (non-hydrogen) atoms. The molecule has 1 aliphatic rings. The molecule has 2 aromatic rings. The zero-order valence-corrected chi connectivity index (χ0v) is 13.2. The molecule has 0 bridgehead atoms. The second-order valence-corrected chi connectivity index (χ2v) is 5.50. The average Bonchev–Trinajstić information content (AvgIpc) is 3.05. The van der Waals surface area contributed by atoms with E-state index >= 15 is 0 Å². The van der Waals surface area contributed by atoms with Crippen molar-refractivity contribution < 1.29 is 13.9 Å². The van der Waals surface area contributed by atoms with E-state index in [1.165, 1.54) is 0 Å². The van der Waals surface area contributed by atoms with Crippen LogP contribution in [0.25, 0.3) is 11.5 Å². The van der Waals surface area contributed by atoms with Crippen molar-refractivity contribution in [2.45, 2.75) is 26.2 Å². The number of ether oxygens (including phenoxy) is 1. The number of nitrogens with one attached hydrogen (secondary N) is 1. The number of hydrogen-bond donors (Lipinski definition) is 1. The van der Waals surface area contributed by atoms with Crippen molar-refractivity contribution in [3.05, 3.63) is 53.6 Å². The number of aromatic nitrogens is 1. The van der Waals surface area contributed by atoms with Gasteiger partial charge in [0.05, 0.1) is 17.9 Å². The fourth-order valence-electron chi connectivity index (χ4n) is 2.56. The molecule has 120 valence electrons. The van der Waals surface area contributed by atoms with E-state index in [1.54, 1.807) is 6.26 Å². The fraction of sp³-hybridized carbons (Fsp3) is 0.333. The van der Waals surface area contributed by atoms with Gasteiger partial charge in [-0.05, 0) is 31.9 Å². The lowest BCUT2D eigenvalue weighted by Gasteiger charge is -2.18. The molecule has 0 spiro atoms. The Morgan fingerprint density at radius 2 is 2.13 bits per heavy atom. The molecule has 1 aromatic heterocycles. The molecule has 0 unspecified atom stereocenters. The van der Waals surface area contributed by atoms with E-state index in [0.717, 1.165) is 35.4 Å². The van der Waals surface area contributed by atoms with Crippen LogP contribution in [0.15, 0.2) is 52.3 Å². The molecule has 5 heteroatoms. The standard InChI is InChI=1S/C18H20N2O3/c1-13-16(8-5-11-22-13)17(21)19-10-9-15-12-23-18(20-15)14-6-3-2-4-7-14/h2-4,6-7,12H,5,8-11H2,1H3,(H,19,21). The first-order valence-corrected chi connectivity index (χ1v) is 7.84. The van der Waals surface area contributed by atoms with Gasteiger partial charge in [-0.1, -0.05) is 18.2 Å². The van der Waals surface area contributed by atoms with Gasteiger partial charge in [-0.3, -0.25) is 4.79 Å². The van der Waals surface area contributed by atoms with Gasteiger partial charge < -0.3 is 14.5 Å². The van der Waals surface area contributed by atoms with Crippen LogP contribution in [0, 0.1) is 0 Å². The summed E-state index contributed by atoms with van der Waals surface area (Å²) in [5, 5.41) is 2.92. The predicted molar refractivity (Wildman–Crippen MR) is 86.5 cm³/mol. The highest BCUT2D eigenvalue weighted by atomic mass is 16.5. The van der Waals surface area contributed by atoms with E-state index in [1.807, 2.05) is 37.3 Å². The summed E-state index contributed by atoms with van der Waals surface area (Å²) in [6, 6.07) is 9.75. The average molecular weight is 312 g/mol. The number of carbonyl (C=O) groups excluding carboxylic acids is 1. The first kappa shape index (κ1) is 15.3. The van der Waals surface area contributed by atoms with Gasteiger partial charge in [-0.25, -0.2) is 4.98 Å². The number of amides is 1. The SMILES string of the molecule is CC1=C(C(=O)NCCc2coc(-c3ccccc3)n2)CCCO1. The number of allylic oxidation sites excluding steroid dienone is 1. The van der Waals surface area contributed by atoms with Crippen LogP contribution in [0.3, 0.4) is 0 Å². The highest BCUT2D eigenvalue weighted by Gasteiger charge is 2.17. The maximum Gasteiger partial charge on any atom is 0.250 e. The molecule has 1 aromatic carbocycles. The minimum absolute atomic E-state index is 0.0472. The summed E-state index contributed by atoms with van der Waals surface area (Å²) in [7, 11) is 0. The molecule has 1 amide bonds. The van der Waals surface area contributed by atoms with Gasteiger partial charge in [0.15, 0.2) is 0 Å². The second-order valence-electron chi connectivity index (χ2n) is 5.50. The third-order valence-electron chi connectivity index (χ3n) is 3.83. The van der Waals surface area contributed by atoms with Gasteiger partial charge in [-0.15, -0.1) is 0 Å². The van der Waals surface area contributed by atoms with Gasteiger partial charge in [0.1, 0.15) is 12.0 Å². The Bertz CT molecular complexity index is 704. The Hall–Kier alpha value is -2.56. The normalized spacial score (nSPS) is 14.5. The monoisotopic (exact) mass is 312 g/mol. The highest BCUT2D eigenvalue weighted by molar-refractivity contribution is 5.93. The molecule has 0 aliphatic carbocycles. The lowest BCUT2D eigenvalue weighted by atomic mass is 10.1. The highest BCUT2D eigenvalue weighted by Crippen LogP contribution is 2.19. The first-order chi connectivity index (χ1) is 11.2. The summed E-state index contributed by atoms with van der Waals surface area (Å²) in [5.74, 6) is 1.29. The number of rotatable bonds is 5. The Morgan fingerprint density at radius 1 is 1.30 bits per heavy atom. The van der Waals surface area contributed by atoms with E-state index in [9.17, 15) is 4.79 Å². The molecule has 0 atom stereocenters. The number of hydrogen-bond acceptors (Lipinski definition) is 4. The van der Waals surface area contributed by atoms with Gasteiger partial charge in [0, 0.05) is 18.5 Å². The second kappa shape index (κ2) is 7.13. The Kier molecular flexibility index (Phi) is 4.76. The maximum absolute atomic E-state index is 12.1. The lowest BCUT2D eigenvalue weighted by molar-refractivity contribution is -0.118. The van der Waals surface area contributed by atoms with E-state index in [-0.39, 0.29) is 5.91 Å². The summed E-state index contributed by atoms with van der Waals surface area (Å²) in [4.78, 5) is 16.6. The van der Waals surface area contributed by atoms with Gasteiger partial charge >= 0.3 is 0 Å². The third kappa shape index (κ3) is 3.80. The quantitative estimate of drug-likeness (QED) is 0.921. The van der Waals surface area contributed by atoms with E-state index in [4.69, 9.17) is 9.15 Å². The number of nitrogens with zero attached hydrogens (tertiary/aromatic N) is 1. The van der Waals surface area contributed by atoms with Crippen molar-refractivity contribution in [2.24, 2.45) is 0 Å². The van der Waals surface area contributed by atoms with Crippen molar-refractivity contribution in [2.75, 3.05) is 13.2 Å². The van der Waals surface area contributed by atoms with Crippen molar-refractivity contribution >= 4 is 5.91 Å². The van der Waals surface area contributed by atoms with Crippen LogP contribution in [0.4, 0.5) is 0 Å². The number of oxazole rings is 1. The summed E-state index contributed by atoms with van der Waals surface area (Å²) in [6.45, 7) is 3.07. The number of carbonyl (C=O) groups is 1. The van der Waals surface area contributed by atoms with E-state index in [0.29, 0.717) is 25.5 Å². The van der Waals surface area contributed by atoms with Crippen LogP contribution >= 0.6 is 0 Å². The van der Waals surface area contributed by atoms with Gasteiger partial charge in [0.2, 0.25) is 5.89 Å². The Balaban J connectivity index is 1.53. The van der Waals surface area contributed by atoms with Crippen LogP contribution in [-0.4, -0.2) is 24.0 Å². The zero-order valence-electron chi connectivity index (χ0n) is 13.2.